The van der Waals surface area contributed by atoms with E-state index in [4.69, 9.17) is 4.74 Å². The average Bonchev–Trinajstić information content (AvgIpc) is 2.51. The summed E-state index contributed by atoms with van der Waals surface area (Å²) in [7, 11) is 0. The molecule has 0 spiro atoms. The predicted octanol–water partition coefficient (Wildman–Crippen LogP) is 5.18. The van der Waals surface area contributed by atoms with E-state index >= 15 is 0 Å². The number of nitro groups is 2. The molecule has 0 bridgehead atoms. The van der Waals surface area contributed by atoms with Crippen molar-refractivity contribution in [2.75, 3.05) is 0 Å². The first-order valence-electron chi connectivity index (χ1n) is 6.96. The first-order valence-corrected chi connectivity index (χ1v) is 6.96. The second kappa shape index (κ2) is 8.10. The van der Waals surface area contributed by atoms with Crippen molar-refractivity contribution in [2.24, 2.45) is 0 Å². The summed E-state index contributed by atoms with van der Waals surface area (Å²) in [6.45, 7) is 3.71. The SMILES string of the molecule is C=C(/C=C(\C=C(/C)C(F)(F)F)[N+](=O)[O-])Oc1cc([N+](=O)[O-])cc(C(F)(F)F)c1. The zero-order chi connectivity index (χ0) is 21.9. The molecule has 0 heterocycles. The van der Waals surface area contributed by atoms with Crippen molar-refractivity contribution in [1.29, 1.82) is 0 Å². The highest BCUT2D eigenvalue weighted by atomic mass is 19.4. The Labute approximate surface area is 152 Å². The van der Waals surface area contributed by atoms with Crippen LogP contribution in [-0.2, 0) is 6.18 Å². The molecule has 0 unspecified atom stereocenters. The topological polar surface area (TPSA) is 95.5 Å². The third-order valence-electron chi connectivity index (χ3n) is 3.01. The Morgan fingerprint density at radius 3 is 2.07 bits per heavy atom. The van der Waals surface area contributed by atoms with Crippen molar-refractivity contribution >= 4 is 5.69 Å². The summed E-state index contributed by atoms with van der Waals surface area (Å²) in [5, 5.41) is 21.6. The van der Waals surface area contributed by atoms with Gasteiger partial charge in [-0.25, -0.2) is 0 Å². The lowest BCUT2D eigenvalue weighted by Gasteiger charge is -2.10. The van der Waals surface area contributed by atoms with Crippen LogP contribution in [0.5, 0.6) is 5.75 Å². The molecule has 0 saturated carbocycles. The van der Waals surface area contributed by atoms with Crippen molar-refractivity contribution < 1.29 is 40.9 Å². The van der Waals surface area contributed by atoms with Crippen LogP contribution in [0.4, 0.5) is 32.0 Å². The van der Waals surface area contributed by atoms with Crippen LogP contribution in [0.15, 0.2) is 54.0 Å². The fourth-order valence-corrected chi connectivity index (χ4v) is 1.71. The van der Waals surface area contributed by atoms with Gasteiger partial charge >= 0.3 is 12.4 Å². The first kappa shape index (κ1) is 22.7. The molecule has 0 radical (unpaired) electrons. The van der Waals surface area contributed by atoms with Crippen molar-refractivity contribution in [3.8, 4) is 5.75 Å². The van der Waals surface area contributed by atoms with Crippen LogP contribution in [0.1, 0.15) is 12.5 Å². The number of nitrogens with zero attached hydrogens (tertiary/aromatic N) is 2. The minimum absolute atomic E-state index is 0.170. The quantitative estimate of drug-likeness (QED) is 0.211. The third kappa shape index (κ3) is 6.41. The second-order valence-corrected chi connectivity index (χ2v) is 5.19. The lowest BCUT2D eigenvalue weighted by Crippen LogP contribution is -2.10. The van der Waals surface area contributed by atoms with Gasteiger partial charge in [-0.3, -0.25) is 20.2 Å². The summed E-state index contributed by atoms with van der Waals surface area (Å²) in [6.07, 6.45) is -9.21. The molecule has 0 saturated heterocycles. The van der Waals surface area contributed by atoms with Crippen molar-refractivity contribution in [1.82, 2.24) is 0 Å². The lowest BCUT2D eigenvalue weighted by atomic mass is 10.2. The molecule has 7 nitrogen and oxygen atoms in total. The zero-order valence-electron chi connectivity index (χ0n) is 13.8. The van der Waals surface area contributed by atoms with E-state index in [1.165, 1.54) is 0 Å². The van der Waals surface area contributed by atoms with E-state index in [1.807, 2.05) is 0 Å². The Morgan fingerprint density at radius 1 is 1.07 bits per heavy atom. The monoisotopic (exact) mass is 412 g/mol. The van der Waals surface area contributed by atoms with E-state index in [1.54, 1.807) is 0 Å². The van der Waals surface area contributed by atoms with Gasteiger partial charge in [0.05, 0.1) is 27.6 Å². The number of alkyl halides is 6. The van der Waals surface area contributed by atoms with Gasteiger partial charge in [0.2, 0.25) is 0 Å². The van der Waals surface area contributed by atoms with Gasteiger partial charge in [-0.2, -0.15) is 26.3 Å². The molecule has 0 aliphatic carbocycles. The van der Waals surface area contributed by atoms with Crippen LogP contribution in [0.2, 0.25) is 0 Å². The number of hydrogen-bond acceptors (Lipinski definition) is 5. The smallest absolute Gasteiger partial charge is 0.416 e. The Morgan fingerprint density at radius 2 is 1.64 bits per heavy atom. The molecule has 13 heteroatoms. The number of halogens is 6. The van der Waals surface area contributed by atoms with Crippen LogP contribution < -0.4 is 4.74 Å². The van der Waals surface area contributed by atoms with E-state index in [2.05, 4.69) is 6.58 Å². The molecular formula is C15H10F6N2O5. The molecule has 0 fully saturated rings. The van der Waals surface area contributed by atoms with Gasteiger partial charge in [0.25, 0.3) is 11.4 Å². The van der Waals surface area contributed by atoms with Crippen molar-refractivity contribution in [3.63, 3.8) is 0 Å². The number of hydrogen-bond donors (Lipinski definition) is 0. The van der Waals surface area contributed by atoms with Crippen LogP contribution in [-0.4, -0.2) is 16.0 Å². The number of benzene rings is 1. The molecule has 152 valence electrons. The highest BCUT2D eigenvalue weighted by molar-refractivity contribution is 5.45. The Balaban J connectivity index is 3.27. The van der Waals surface area contributed by atoms with Crippen molar-refractivity contribution in [3.05, 3.63) is 79.8 Å². The summed E-state index contributed by atoms with van der Waals surface area (Å²) in [4.78, 5) is 19.3. The average molecular weight is 412 g/mol. The van der Waals surface area contributed by atoms with Crippen LogP contribution in [0, 0.1) is 20.2 Å². The standard InChI is InChI=1S/C15H10F6N2O5/c1-8(14(16,17)18)3-11(22(24)25)4-9(2)28-13-6-10(15(19,20)21)5-12(7-13)23(26)27/h3-7H,2H2,1H3/b8-3+,11-4+. The van der Waals surface area contributed by atoms with Crippen LogP contribution in [0.3, 0.4) is 0 Å². The van der Waals surface area contributed by atoms with E-state index in [-0.39, 0.29) is 12.1 Å². The van der Waals surface area contributed by atoms with E-state index < -0.39 is 56.2 Å². The minimum Gasteiger partial charge on any atom is -0.457 e. The maximum Gasteiger partial charge on any atom is 0.416 e. The predicted molar refractivity (Wildman–Crippen MR) is 82.8 cm³/mol. The number of ether oxygens (including phenoxy) is 1. The third-order valence-corrected chi connectivity index (χ3v) is 3.01. The normalized spacial score (nSPS) is 13.2. The zero-order valence-corrected chi connectivity index (χ0v) is 13.8. The Kier molecular flexibility index (Phi) is 6.56. The molecule has 0 atom stereocenters. The largest absolute Gasteiger partial charge is 0.457 e. The van der Waals surface area contributed by atoms with E-state index in [0.29, 0.717) is 25.1 Å². The van der Waals surface area contributed by atoms with Gasteiger partial charge in [-0.05, 0) is 13.0 Å². The highest BCUT2D eigenvalue weighted by Crippen LogP contribution is 2.35. The maximum atomic E-state index is 12.8. The van der Waals surface area contributed by atoms with Crippen LogP contribution in [0.25, 0.3) is 0 Å². The Hall–Kier alpha value is -3.38. The molecule has 0 aromatic heterocycles. The minimum atomic E-state index is -4.96. The fraction of sp³-hybridized carbons (Fsp3) is 0.200. The first-order chi connectivity index (χ1) is 12.6. The van der Waals surface area contributed by atoms with Gasteiger partial charge in [0, 0.05) is 17.7 Å². The summed E-state index contributed by atoms with van der Waals surface area (Å²) in [6, 6.07) is 1.20. The molecule has 0 aliphatic heterocycles. The number of nitro benzene ring substituents is 1. The van der Waals surface area contributed by atoms with Crippen LogP contribution >= 0.6 is 0 Å². The summed E-state index contributed by atoms with van der Waals surface area (Å²) in [5.41, 5.74) is -4.85. The molecule has 1 aromatic rings. The van der Waals surface area contributed by atoms with E-state index in [0.717, 1.165) is 0 Å². The van der Waals surface area contributed by atoms with Crippen molar-refractivity contribution in [2.45, 2.75) is 19.3 Å². The molecule has 1 rings (SSSR count). The molecular weight excluding hydrogens is 402 g/mol. The number of allylic oxidation sites excluding steroid dienone is 3. The highest BCUT2D eigenvalue weighted by Gasteiger charge is 2.33. The molecule has 0 aliphatic rings. The molecule has 28 heavy (non-hydrogen) atoms. The molecule has 1 aromatic carbocycles. The summed E-state index contributed by atoms with van der Waals surface area (Å²) < 4.78 is 80.7. The number of non-ortho nitro benzene ring substituents is 1. The summed E-state index contributed by atoms with van der Waals surface area (Å²) in [5.74, 6) is -1.45. The van der Waals surface area contributed by atoms with Gasteiger partial charge in [0.1, 0.15) is 11.5 Å². The summed E-state index contributed by atoms with van der Waals surface area (Å²) >= 11 is 0. The molecule has 0 N–H and O–H groups in total. The fourth-order valence-electron chi connectivity index (χ4n) is 1.71. The van der Waals surface area contributed by atoms with Gasteiger partial charge < -0.3 is 4.74 Å². The number of rotatable bonds is 6. The maximum absolute atomic E-state index is 12.8. The van der Waals surface area contributed by atoms with E-state index in [9.17, 15) is 46.6 Å². The Bertz CT molecular complexity index is 871. The van der Waals surface area contributed by atoms with Gasteiger partial charge in [0.15, 0.2) is 0 Å². The molecule has 0 amide bonds. The van der Waals surface area contributed by atoms with Gasteiger partial charge in [-0.1, -0.05) is 6.58 Å². The lowest BCUT2D eigenvalue weighted by molar-refractivity contribution is -0.419. The second-order valence-electron chi connectivity index (χ2n) is 5.19. The van der Waals surface area contributed by atoms with Gasteiger partial charge in [-0.15, -0.1) is 0 Å².